The minimum atomic E-state index is -0.345. The maximum absolute atomic E-state index is 12.7. The molecule has 1 saturated carbocycles. The third-order valence-corrected chi connectivity index (χ3v) is 4.11. The highest BCUT2D eigenvalue weighted by Gasteiger charge is 2.61. The third kappa shape index (κ3) is 2.63. The van der Waals surface area contributed by atoms with Crippen LogP contribution in [0.3, 0.4) is 0 Å². The number of amides is 1. The highest BCUT2D eigenvalue weighted by molar-refractivity contribution is 5.92. The molecule has 2 atom stereocenters. The first-order valence-corrected chi connectivity index (χ1v) is 6.75. The van der Waals surface area contributed by atoms with Crippen molar-refractivity contribution < 1.29 is 18.6 Å². The predicted octanol–water partition coefficient (Wildman–Crippen LogP) is -1.11. The van der Waals surface area contributed by atoms with Crippen LogP contribution in [-0.4, -0.2) is 30.4 Å². The number of carbonyl (C=O) groups excluding carboxylic acids is 1. The summed E-state index contributed by atoms with van der Waals surface area (Å²) in [6, 6.07) is 10.1. The van der Waals surface area contributed by atoms with Gasteiger partial charge in [0.25, 0.3) is 0 Å². The van der Waals surface area contributed by atoms with E-state index in [1.807, 2.05) is 36.9 Å². The van der Waals surface area contributed by atoms with Crippen LogP contribution < -0.4 is 18.1 Å². The lowest BCUT2D eigenvalue weighted by molar-refractivity contribution is -0.134. The summed E-state index contributed by atoms with van der Waals surface area (Å²) < 4.78 is 0. The Kier molecular flexibility index (Phi) is 5.39. The van der Waals surface area contributed by atoms with Gasteiger partial charge >= 0.3 is 1.43 Å². The average Bonchev–Trinajstić information content (AvgIpc) is 3.17. The molecule has 0 aliphatic heterocycles. The zero-order chi connectivity index (χ0) is 13.2. The van der Waals surface area contributed by atoms with Gasteiger partial charge < -0.3 is 23.0 Å². The molecular formula is C15H23ClN2O. The standard InChI is InChI=1S/C15H22N2O.ClH/c1-3-17(4-2)14(18)15(10-13(15)11-16)12-8-6-5-7-9-12;/h5-9,13H,3-4,10-11,16H2,1-2H3;1H. The van der Waals surface area contributed by atoms with Gasteiger partial charge in [-0.3, -0.25) is 4.79 Å². The van der Waals surface area contributed by atoms with Gasteiger partial charge in [0, 0.05) is 13.1 Å². The SMILES string of the molecule is CCN(CC)C(=O)C1(c2ccccc2)CC1CN.[Cl-].[H+]. The Bertz CT molecular complexity index is 425. The zero-order valence-electron chi connectivity index (χ0n) is 12.6. The highest BCUT2D eigenvalue weighted by Crippen LogP contribution is 2.54. The number of nitrogens with two attached hydrogens (primary N) is 1. The summed E-state index contributed by atoms with van der Waals surface area (Å²) in [7, 11) is 0. The molecule has 1 amide bonds. The molecule has 1 aromatic carbocycles. The van der Waals surface area contributed by atoms with Gasteiger partial charge in [0.1, 0.15) is 0 Å². The molecule has 0 bridgehead atoms. The minimum Gasteiger partial charge on any atom is -1.00 e. The molecule has 0 heterocycles. The van der Waals surface area contributed by atoms with Crippen molar-refractivity contribution in [1.29, 1.82) is 0 Å². The van der Waals surface area contributed by atoms with Crippen LogP contribution in [0, 0.1) is 5.92 Å². The van der Waals surface area contributed by atoms with Gasteiger partial charge in [-0.1, -0.05) is 30.3 Å². The van der Waals surface area contributed by atoms with E-state index in [0.29, 0.717) is 12.5 Å². The number of likely N-dealkylation sites (N-methyl/N-ethyl adjacent to an activating group) is 1. The van der Waals surface area contributed by atoms with Crippen LogP contribution in [0.5, 0.6) is 0 Å². The van der Waals surface area contributed by atoms with Crippen LogP contribution >= 0.6 is 0 Å². The zero-order valence-corrected chi connectivity index (χ0v) is 12.4. The molecule has 4 heteroatoms. The molecule has 1 fully saturated rings. The fraction of sp³-hybridized carbons (Fsp3) is 0.533. The van der Waals surface area contributed by atoms with Gasteiger partial charge in [0.05, 0.1) is 5.41 Å². The van der Waals surface area contributed by atoms with Gasteiger partial charge in [-0.25, -0.2) is 0 Å². The van der Waals surface area contributed by atoms with Crippen LogP contribution in [0.15, 0.2) is 30.3 Å². The molecule has 0 spiro atoms. The van der Waals surface area contributed by atoms with E-state index in [-0.39, 0.29) is 25.2 Å². The van der Waals surface area contributed by atoms with Crippen molar-refractivity contribution >= 4 is 5.91 Å². The summed E-state index contributed by atoms with van der Waals surface area (Å²) >= 11 is 0. The van der Waals surface area contributed by atoms with E-state index in [4.69, 9.17) is 5.73 Å². The average molecular weight is 283 g/mol. The maximum Gasteiger partial charge on any atom is 1.00 e. The fourth-order valence-electron chi connectivity index (χ4n) is 2.88. The van der Waals surface area contributed by atoms with Crippen LogP contribution in [0.1, 0.15) is 27.3 Å². The summed E-state index contributed by atoms with van der Waals surface area (Å²) in [5.41, 5.74) is 6.57. The highest BCUT2D eigenvalue weighted by atomic mass is 35.5. The van der Waals surface area contributed by atoms with E-state index >= 15 is 0 Å². The Morgan fingerprint density at radius 3 is 2.37 bits per heavy atom. The van der Waals surface area contributed by atoms with Gasteiger partial charge in [0.15, 0.2) is 0 Å². The van der Waals surface area contributed by atoms with Gasteiger partial charge in [0.2, 0.25) is 5.91 Å². The predicted molar refractivity (Wildman–Crippen MR) is 74.3 cm³/mol. The second-order valence-electron chi connectivity index (χ2n) is 4.95. The molecule has 0 saturated heterocycles. The minimum absolute atomic E-state index is 0. The number of nitrogens with zero attached hydrogens (tertiary/aromatic N) is 1. The van der Waals surface area contributed by atoms with Crippen LogP contribution in [0.25, 0.3) is 0 Å². The number of carbonyl (C=O) groups is 1. The molecule has 2 rings (SSSR count). The largest absolute Gasteiger partial charge is 1.00 e. The van der Waals surface area contributed by atoms with Gasteiger partial charge in [-0.15, -0.1) is 0 Å². The fourth-order valence-corrected chi connectivity index (χ4v) is 2.88. The van der Waals surface area contributed by atoms with E-state index in [2.05, 4.69) is 12.1 Å². The summed E-state index contributed by atoms with van der Waals surface area (Å²) in [6.07, 6.45) is 0.892. The Labute approximate surface area is 123 Å². The Balaban J connectivity index is 0.00000180. The lowest BCUT2D eigenvalue weighted by atomic mass is 9.91. The monoisotopic (exact) mass is 282 g/mol. The summed E-state index contributed by atoms with van der Waals surface area (Å²) in [6.45, 7) is 6.17. The molecule has 1 aliphatic rings. The van der Waals surface area contributed by atoms with Crippen LogP contribution in [0.4, 0.5) is 0 Å². The first-order chi connectivity index (χ1) is 8.70. The van der Waals surface area contributed by atoms with Crippen molar-refractivity contribution in [2.75, 3.05) is 19.6 Å². The van der Waals surface area contributed by atoms with E-state index in [1.54, 1.807) is 0 Å². The molecule has 19 heavy (non-hydrogen) atoms. The number of benzene rings is 1. The molecule has 1 aliphatic carbocycles. The first kappa shape index (κ1) is 16.0. The molecule has 1 aromatic rings. The van der Waals surface area contributed by atoms with Gasteiger partial charge in [-0.05, 0) is 38.3 Å². The number of hydrogen-bond acceptors (Lipinski definition) is 2. The van der Waals surface area contributed by atoms with E-state index in [1.165, 1.54) is 0 Å². The van der Waals surface area contributed by atoms with E-state index < -0.39 is 0 Å². The summed E-state index contributed by atoms with van der Waals surface area (Å²) in [4.78, 5) is 14.6. The normalized spacial score (nSPS) is 24.5. The summed E-state index contributed by atoms with van der Waals surface area (Å²) in [5, 5.41) is 0. The second kappa shape index (κ2) is 6.40. The van der Waals surface area contributed by atoms with Crippen molar-refractivity contribution in [3.8, 4) is 0 Å². The molecule has 0 aromatic heterocycles. The lowest BCUT2D eigenvalue weighted by Crippen LogP contribution is -3.00. The first-order valence-electron chi connectivity index (χ1n) is 6.75. The molecule has 106 valence electrons. The van der Waals surface area contributed by atoms with Crippen LogP contribution in [0.2, 0.25) is 0 Å². The quantitative estimate of drug-likeness (QED) is 0.744. The molecule has 3 nitrogen and oxygen atoms in total. The van der Waals surface area contributed by atoms with E-state index in [9.17, 15) is 4.79 Å². The van der Waals surface area contributed by atoms with Crippen molar-refractivity contribution in [3.05, 3.63) is 35.9 Å². The Hall–Kier alpha value is -1.06. The van der Waals surface area contributed by atoms with Crippen LogP contribution in [-0.2, 0) is 10.2 Å². The van der Waals surface area contributed by atoms with Crippen molar-refractivity contribution in [3.63, 3.8) is 0 Å². The second-order valence-corrected chi connectivity index (χ2v) is 4.95. The topological polar surface area (TPSA) is 46.3 Å². The molecule has 2 N–H and O–H groups in total. The number of rotatable bonds is 5. The summed E-state index contributed by atoms with van der Waals surface area (Å²) in [5.74, 6) is 0.544. The molecule has 0 radical (unpaired) electrons. The lowest BCUT2D eigenvalue weighted by Gasteiger charge is -2.26. The molecule has 2 unspecified atom stereocenters. The van der Waals surface area contributed by atoms with Crippen molar-refractivity contribution in [2.24, 2.45) is 11.7 Å². The maximum atomic E-state index is 12.7. The van der Waals surface area contributed by atoms with Gasteiger partial charge in [-0.2, -0.15) is 0 Å². The van der Waals surface area contributed by atoms with Crippen molar-refractivity contribution in [1.82, 2.24) is 4.90 Å². The number of hydrogen-bond donors (Lipinski definition) is 1. The Morgan fingerprint density at radius 2 is 1.95 bits per heavy atom. The molecular weight excluding hydrogens is 260 g/mol. The smallest absolute Gasteiger partial charge is 1.00 e. The number of halogens is 1. The van der Waals surface area contributed by atoms with E-state index in [0.717, 1.165) is 25.1 Å². The third-order valence-electron chi connectivity index (χ3n) is 4.11. The van der Waals surface area contributed by atoms with Crippen molar-refractivity contribution in [2.45, 2.75) is 25.7 Å². The Morgan fingerprint density at radius 1 is 1.37 bits per heavy atom.